The van der Waals surface area contributed by atoms with E-state index in [9.17, 15) is 4.79 Å². The molecule has 0 bridgehead atoms. The Labute approximate surface area is 147 Å². The average Bonchev–Trinajstić information content (AvgIpc) is 2.48. The number of methoxy groups -OCH3 is 1. The summed E-state index contributed by atoms with van der Waals surface area (Å²) in [5.41, 5.74) is 0.576. The Hall–Kier alpha value is -1.13. The van der Waals surface area contributed by atoms with Crippen LogP contribution in [0.1, 0.15) is 45.1 Å². The number of hydrogen-bond donors (Lipinski definition) is 0. The third-order valence-corrected chi connectivity index (χ3v) is 4.58. The van der Waals surface area contributed by atoms with Gasteiger partial charge >= 0.3 is 6.09 Å². The van der Waals surface area contributed by atoms with Gasteiger partial charge in [0.05, 0.1) is 17.2 Å². The molecule has 0 aromatic heterocycles. The van der Waals surface area contributed by atoms with Gasteiger partial charge in [0.2, 0.25) is 0 Å². The lowest BCUT2D eigenvalue weighted by atomic mass is 9.89. The molecular weight excluding hydrogens is 337 g/mol. The topological polar surface area (TPSA) is 38.8 Å². The van der Waals surface area contributed by atoms with E-state index >= 15 is 0 Å². The number of nitrogens with zero attached hydrogens (tertiary/aromatic N) is 1. The molecule has 0 saturated carbocycles. The molecule has 1 fully saturated rings. The summed E-state index contributed by atoms with van der Waals surface area (Å²) in [5.74, 6) is 1.04. The highest BCUT2D eigenvalue weighted by molar-refractivity contribution is 6.42. The largest absolute Gasteiger partial charge is 0.496 e. The molecule has 1 aliphatic heterocycles. The summed E-state index contributed by atoms with van der Waals surface area (Å²) in [5, 5.41) is 1.01. The smallest absolute Gasteiger partial charge is 0.410 e. The van der Waals surface area contributed by atoms with Crippen molar-refractivity contribution in [2.24, 2.45) is 0 Å². The average molecular weight is 360 g/mol. The Kier molecular flexibility index (Phi) is 5.69. The molecule has 1 amide bonds. The third-order valence-electron chi connectivity index (χ3n) is 3.86. The quantitative estimate of drug-likeness (QED) is 0.735. The van der Waals surface area contributed by atoms with Gasteiger partial charge in [0, 0.05) is 19.2 Å². The van der Waals surface area contributed by atoms with Crippen LogP contribution in [0.4, 0.5) is 4.79 Å². The van der Waals surface area contributed by atoms with Gasteiger partial charge in [-0.1, -0.05) is 23.2 Å². The predicted octanol–water partition coefficient (Wildman–Crippen LogP) is 5.12. The predicted molar refractivity (Wildman–Crippen MR) is 92.8 cm³/mol. The van der Waals surface area contributed by atoms with E-state index in [0.717, 1.165) is 24.2 Å². The minimum atomic E-state index is -0.471. The van der Waals surface area contributed by atoms with Crippen molar-refractivity contribution in [1.29, 1.82) is 0 Å². The van der Waals surface area contributed by atoms with E-state index in [2.05, 4.69) is 0 Å². The molecule has 1 heterocycles. The van der Waals surface area contributed by atoms with E-state index in [1.807, 2.05) is 26.8 Å². The lowest BCUT2D eigenvalue weighted by Crippen LogP contribution is -2.41. The van der Waals surface area contributed by atoms with Crippen LogP contribution in [-0.2, 0) is 4.74 Å². The summed E-state index contributed by atoms with van der Waals surface area (Å²) in [6.07, 6.45) is 1.43. The van der Waals surface area contributed by atoms with Crippen LogP contribution < -0.4 is 4.74 Å². The number of piperidine rings is 1. The van der Waals surface area contributed by atoms with Gasteiger partial charge in [0.15, 0.2) is 0 Å². The van der Waals surface area contributed by atoms with Gasteiger partial charge in [-0.2, -0.15) is 0 Å². The number of benzene rings is 1. The normalized spacial score (nSPS) is 16.3. The van der Waals surface area contributed by atoms with Gasteiger partial charge in [-0.3, -0.25) is 0 Å². The Bertz CT molecular complexity index is 576. The van der Waals surface area contributed by atoms with Gasteiger partial charge in [0.1, 0.15) is 11.4 Å². The molecule has 128 valence electrons. The van der Waals surface area contributed by atoms with E-state index < -0.39 is 5.60 Å². The first-order valence-corrected chi connectivity index (χ1v) is 8.47. The van der Waals surface area contributed by atoms with Crippen LogP contribution in [-0.4, -0.2) is 36.8 Å². The van der Waals surface area contributed by atoms with Crippen molar-refractivity contribution in [2.45, 2.75) is 45.1 Å². The van der Waals surface area contributed by atoms with Crippen LogP contribution in [0, 0.1) is 0 Å². The minimum Gasteiger partial charge on any atom is -0.496 e. The molecule has 1 aromatic carbocycles. The van der Waals surface area contributed by atoms with Crippen molar-refractivity contribution in [2.75, 3.05) is 20.2 Å². The summed E-state index contributed by atoms with van der Waals surface area (Å²) in [7, 11) is 1.62. The van der Waals surface area contributed by atoms with Crippen molar-refractivity contribution in [3.63, 3.8) is 0 Å². The summed E-state index contributed by atoms with van der Waals surface area (Å²) >= 11 is 12.2. The number of hydrogen-bond acceptors (Lipinski definition) is 3. The number of ether oxygens (including phenoxy) is 2. The molecule has 0 atom stereocenters. The molecule has 0 N–H and O–H groups in total. The SMILES string of the molecule is COc1cc(Cl)c(Cl)cc1C1CCN(C(=O)OC(C)(C)C)CC1. The van der Waals surface area contributed by atoms with Crippen molar-refractivity contribution in [3.8, 4) is 5.75 Å². The fourth-order valence-electron chi connectivity index (χ4n) is 2.74. The van der Waals surface area contributed by atoms with Gasteiger partial charge in [-0.15, -0.1) is 0 Å². The first-order chi connectivity index (χ1) is 10.7. The maximum atomic E-state index is 12.1. The van der Waals surface area contributed by atoms with E-state index in [-0.39, 0.29) is 6.09 Å². The maximum Gasteiger partial charge on any atom is 0.410 e. The second-order valence-corrected chi connectivity index (χ2v) is 7.56. The Balaban J connectivity index is 2.05. The van der Waals surface area contributed by atoms with Crippen LogP contribution in [0.5, 0.6) is 5.75 Å². The van der Waals surface area contributed by atoms with Crippen LogP contribution in [0.3, 0.4) is 0 Å². The number of carbonyl (C=O) groups excluding carboxylic acids is 1. The number of rotatable bonds is 2. The van der Waals surface area contributed by atoms with Crippen molar-refractivity contribution in [1.82, 2.24) is 4.90 Å². The molecule has 0 spiro atoms. The Morgan fingerprint density at radius 2 is 1.74 bits per heavy atom. The lowest BCUT2D eigenvalue weighted by Gasteiger charge is -2.34. The molecule has 0 unspecified atom stereocenters. The van der Waals surface area contributed by atoms with E-state index in [1.54, 1.807) is 18.1 Å². The summed E-state index contributed by atoms with van der Waals surface area (Å²) in [4.78, 5) is 13.9. The van der Waals surface area contributed by atoms with Crippen molar-refractivity contribution >= 4 is 29.3 Å². The monoisotopic (exact) mass is 359 g/mol. The Morgan fingerprint density at radius 1 is 1.17 bits per heavy atom. The van der Waals surface area contributed by atoms with Gasteiger partial charge in [-0.25, -0.2) is 4.79 Å². The molecule has 1 aromatic rings. The second kappa shape index (κ2) is 7.18. The first kappa shape index (κ1) is 18.2. The van der Waals surface area contributed by atoms with Crippen LogP contribution in [0.2, 0.25) is 10.0 Å². The molecule has 4 nitrogen and oxygen atoms in total. The summed E-state index contributed by atoms with van der Waals surface area (Å²) in [6.45, 7) is 6.93. The van der Waals surface area contributed by atoms with Gasteiger partial charge in [-0.05, 0) is 51.2 Å². The van der Waals surface area contributed by atoms with E-state index in [1.165, 1.54) is 0 Å². The van der Waals surface area contributed by atoms with Crippen molar-refractivity contribution in [3.05, 3.63) is 27.7 Å². The fourth-order valence-corrected chi connectivity index (χ4v) is 3.07. The van der Waals surface area contributed by atoms with E-state index in [0.29, 0.717) is 29.1 Å². The minimum absolute atomic E-state index is 0.253. The van der Waals surface area contributed by atoms with Crippen LogP contribution in [0.25, 0.3) is 0 Å². The zero-order valence-corrected chi connectivity index (χ0v) is 15.5. The highest BCUT2D eigenvalue weighted by atomic mass is 35.5. The molecule has 0 aliphatic carbocycles. The molecule has 1 aliphatic rings. The van der Waals surface area contributed by atoms with E-state index in [4.69, 9.17) is 32.7 Å². The maximum absolute atomic E-state index is 12.1. The fraction of sp³-hybridized carbons (Fsp3) is 0.588. The third kappa shape index (κ3) is 4.67. The summed E-state index contributed by atoms with van der Waals surface area (Å²) in [6, 6.07) is 3.62. The zero-order valence-electron chi connectivity index (χ0n) is 14.0. The number of likely N-dealkylation sites (tertiary alicyclic amines) is 1. The number of amides is 1. The number of halogens is 2. The second-order valence-electron chi connectivity index (χ2n) is 6.75. The first-order valence-electron chi connectivity index (χ1n) is 7.72. The van der Waals surface area contributed by atoms with Crippen LogP contribution in [0.15, 0.2) is 12.1 Å². The van der Waals surface area contributed by atoms with Gasteiger partial charge < -0.3 is 14.4 Å². The molecule has 2 rings (SSSR count). The van der Waals surface area contributed by atoms with Gasteiger partial charge in [0.25, 0.3) is 0 Å². The molecule has 6 heteroatoms. The highest BCUT2D eigenvalue weighted by Gasteiger charge is 2.29. The zero-order chi connectivity index (χ0) is 17.2. The molecular formula is C17H23Cl2NO3. The number of carbonyl (C=O) groups is 1. The summed E-state index contributed by atoms with van der Waals surface area (Å²) < 4.78 is 10.8. The lowest BCUT2D eigenvalue weighted by molar-refractivity contribution is 0.0204. The van der Waals surface area contributed by atoms with Crippen LogP contribution >= 0.6 is 23.2 Å². The highest BCUT2D eigenvalue weighted by Crippen LogP contribution is 2.39. The standard InChI is InChI=1S/C17H23Cl2NO3/c1-17(2,3)23-16(21)20-7-5-11(6-8-20)12-9-13(18)14(19)10-15(12)22-4/h9-11H,5-8H2,1-4H3. The molecule has 0 radical (unpaired) electrons. The molecule has 23 heavy (non-hydrogen) atoms. The Morgan fingerprint density at radius 3 is 2.26 bits per heavy atom. The molecule has 1 saturated heterocycles. The van der Waals surface area contributed by atoms with Crippen molar-refractivity contribution < 1.29 is 14.3 Å².